The Morgan fingerprint density at radius 3 is 2.03 bits per heavy atom. The van der Waals surface area contributed by atoms with Crippen LogP contribution in [0.3, 0.4) is 0 Å². The van der Waals surface area contributed by atoms with E-state index >= 15 is 0 Å². The molecule has 196 valence electrons. The summed E-state index contributed by atoms with van der Waals surface area (Å²) in [5.41, 5.74) is 0.247. The van der Waals surface area contributed by atoms with Gasteiger partial charge < -0.3 is 9.87 Å². The average molecular weight is 603 g/mol. The van der Waals surface area contributed by atoms with Crippen molar-refractivity contribution in [2.45, 2.75) is 9.79 Å². The fraction of sp³-hybridized carbons (Fsp3) is 0.174. The van der Waals surface area contributed by atoms with Crippen LogP contribution in [0.15, 0.2) is 76.5 Å². The molecule has 0 aromatic heterocycles. The van der Waals surface area contributed by atoms with Crippen LogP contribution in [0.4, 0.5) is 11.4 Å². The van der Waals surface area contributed by atoms with Gasteiger partial charge in [0.25, 0.3) is 15.9 Å². The summed E-state index contributed by atoms with van der Waals surface area (Å²) in [6, 6.07) is 15.2. The molecule has 0 atom stereocenters. The Morgan fingerprint density at radius 1 is 0.838 bits per heavy atom. The van der Waals surface area contributed by atoms with Gasteiger partial charge in [-0.05, 0) is 66.7 Å². The topological polar surface area (TPSA) is 136 Å². The van der Waals surface area contributed by atoms with Crippen molar-refractivity contribution in [3.05, 3.63) is 82.3 Å². The maximum absolute atomic E-state index is 13.0. The summed E-state index contributed by atoms with van der Waals surface area (Å²) in [6.07, 6.45) is 0. The monoisotopic (exact) mass is 601 g/mol. The smallest absolute Gasteiger partial charge is 0.261 e. The molecular weight excluding hydrogens is 581 g/mol. The summed E-state index contributed by atoms with van der Waals surface area (Å²) < 4.78 is 66.5. The predicted molar refractivity (Wildman–Crippen MR) is 145 cm³/mol. The SMILES string of the molecule is O=C(Nc1ccc(S(=O)(=O)N2CC[S+]([O-])CC2)cc1)c1cc(Cl)ccc1NS(=O)(=O)c1ccc(Cl)cc1. The van der Waals surface area contributed by atoms with E-state index in [9.17, 15) is 26.2 Å². The molecule has 9 nitrogen and oxygen atoms in total. The Bertz CT molecular complexity index is 1510. The van der Waals surface area contributed by atoms with Crippen LogP contribution < -0.4 is 10.0 Å². The van der Waals surface area contributed by atoms with Gasteiger partial charge in [0.15, 0.2) is 0 Å². The average Bonchev–Trinajstić information content (AvgIpc) is 2.86. The van der Waals surface area contributed by atoms with Crippen LogP contribution in [0.25, 0.3) is 0 Å². The van der Waals surface area contributed by atoms with Gasteiger partial charge >= 0.3 is 0 Å². The molecule has 1 heterocycles. The summed E-state index contributed by atoms with van der Waals surface area (Å²) in [4.78, 5) is 13.0. The van der Waals surface area contributed by atoms with E-state index in [4.69, 9.17) is 23.2 Å². The first-order valence-electron chi connectivity index (χ1n) is 10.8. The molecule has 0 spiro atoms. The van der Waals surface area contributed by atoms with Crippen molar-refractivity contribution in [1.82, 2.24) is 4.31 Å². The fourth-order valence-electron chi connectivity index (χ4n) is 3.53. The van der Waals surface area contributed by atoms with E-state index in [1.54, 1.807) is 0 Å². The molecule has 1 saturated heterocycles. The second-order valence-electron chi connectivity index (χ2n) is 7.98. The zero-order valence-corrected chi connectivity index (χ0v) is 23.0. The van der Waals surface area contributed by atoms with Crippen molar-refractivity contribution in [2.24, 2.45) is 0 Å². The second-order valence-corrected chi connectivity index (χ2v) is 14.2. The number of hydrogen-bond acceptors (Lipinski definition) is 6. The Hall–Kier alpha value is -2.32. The van der Waals surface area contributed by atoms with Gasteiger partial charge in [-0.3, -0.25) is 9.52 Å². The van der Waals surface area contributed by atoms with Crippen LogP contribution in [0.2, 0.25) is 10.0 Å². The summed E-state index contributed by atoms with van der Waals surface area (Å²) >= 11 is 10.9. The largest absolute Gasteiger partial charge is 0.616 e. The lowest BCUT2D eigenvalue weighted by Crippen LogP contribution is -2.43. The third-order valence-corrected chi connectivity index (χ3v) is 10.5. The minimum absolute atomic E-state index is 0.00136. The van der Waals surface area contributed by atoms with Crippen LogP contribution in [-0.4, -0.2) is 56.2 Å². The van der Waals surface area contributed by atoms with Crippen LogP contribution in [-0.2, 0) is 31.2 Å². The molecule has 4 rings (SSSR count). The zero-order chi connectivity index (χ0) is 26.8. The number of sulfonamides is 2. The summed E-state index contributed by atoms with van der Waals surface area (Å²) in [6.45, 7) is 0.355. The first kappa shape index (κ1) is 27.7. The minimum atomic E-state index is -4.03. The Labute approximate surface area is 228 Å². The van der Waals surface area contributed by atoms with E-state index in [1.807, 2.05) is 0 Å². The van der Waals surface area contributed by atoms with Crippen molar-refractivity contribution < 1.29 is 26.2 Å². The van der Waals surface area contributed by atoms with Crippen molar-refractivity contribution in [3.8, 4) is 0 Å². The molecule has 37 heavy (non-hydrogen) atoms. The number of amides is 1. The van der Waals surface area contributed by atoms with E-state index in [0.717, 1.165) is 0 Å². The van der Waals surface area contributed by atoms with Gasteiger partial charge in [-0.2, -0.15) is 4.31 Å². The number of carbonyl (C=O) groups excluding carboxylic acids is 1. The maximum atomic E-state index is 13.0. The zero-order valence-electron chi connectivity index (χ0n) is 19.1. The van der Waals surface area contributed by atoms with Crippen molar-refractivity contribution >= 4 is 71.7 Å². The molecule has 2 N–H and O–H groups in total. The van der Waals surface area contributed by atoms with Crippen molar-refractivity contribution in [3.63, 3.8) is 0 Å². The standard InChI is InChI=1S/C23H21Cl2N3O6S3/c24-16-1-6-19(7-2-16)36(31,32)27-22-10-3-17(25)15-21(22)23(29)26-18-4-8-20(9-5-18)37(33,34)28-11-13-35(30)14-12-28/h1-10,15,27H,11-14H2,(H,26,29). The molecule has 1 fully saturated rings. The van der Waals surface area contributed by atoms with Gasteiger partial charge in [-0.1, -0.05) is 34.4 Å². The third-order valence-electron chi connectivity index (χ3n) is 5.48. The van der Waals surface area contributed by atoms with Crippen LogP contribution in [0.1, 0.15) is 10.4 Å². The van der Waals surface area contributed by atoms with Gasteiger partial charge in [0, 0.05) is 15.7 Å². The first-order chi connectivity index (χ1) is 17.5. The fourth-order valence-corrected chi connectivity index (χ4v) is 7.63. The molecule has 1 amide bonds. The lowest BCUT2D eigenvalue weighted by molar-refractivity contribution is 0.102. The molecule has 3 aromatic rings. The maximum Gasteiger partial charge on any atom is 0.261 e. The van der Waals surface area contributed by atoms with Gasteiger partial charge in [0.2, 0.25) is 10.0 Å². The normalized spacial score (nSPS) is 15.3. The molecular formula is C23H21Cl2N3O6S3. The number of halogens is 2. The summed E-state index contributed by atoms with van der Waals surface area (Å²) in [7, 11) is -7.79. The number of rotatable bonds is 7. The molecule has 14 heteroatoms. The van der Waals surface area contributed by atoms with Crippen LogP contribution in [0.5, 0.6) is 0 Å². The lowest BCUT2D eigenvalue weighted by atomic mass is 10.1. The van der Waals surface area contributed by atoms with E-state index in [-0.39, 0.29) is 56.3 Å². The van der Waals surface area contributed by atoms with E-state index in [1.165, 1.54) is 71.0 Å². The predicted octanol–water partition coefficient (Wildman–Crippen LogP) is 3.80. The molecule has 0 aliphatic carbocycles. The highest BCUT2D eigenvalue weighted by atomic mass is 35.5. The van der Waals surface area contributed by atoms with Crippen LogP contribution in [0, 0.1) is 0 Å². The van der Waals surface area contributed by atoms with Gasteiger partial charge in [0.1, 0.15) is 11.5 Å². The molecule has 0 bridgehead atoms. The summed E-state index contributed by atoms with van der Waals surface area (Å²) in [5.74, 6) is -0.0840. The van der Waals surface area contributed by atoms with Crippen molar-refractivity contribution in [2.75, 3.05) is 34.6 Å². The molecule has 1 aliphatic rings. The molecule has 0 unspecified atom stereocenters. The number of hydrogen-bond donors (Lipinski definition) is 2. The Kier molecular flexibility index (Phi) is 8.38. The van der Waals surface area contributed by atoms with Gasteiger partial charge in [-0.15, -0.1) is 0 Å². The number of anilines is 2. The number of carbonyl (C=O) groups is 1. The third kappa shape index (κ3) is 6.58. The highest BCUT2D eigenvalue weighted by Crippen LogP contribution is 2.26. The van der Waals surface area contributed by atoms with Gasteiger partial charge in [-0.25, -0.2) is 16.8 Å². The quantitative estimate of drug-likeness (QED) is 0.395. The molecule has 0 saturated carbocycles. The van der Waals surface area contributed by atoms with E-state index in [2.05, 4.69) is 10.0 Å². The van der Waals surface area contributed by atoms with E-state index < -0.39 is 37.1 Å². The van der Waals surface area contributed by atoms with E-state index in [0.29, 0.717) is 5.02 Å². The molecule has 3 aromatic carbocycles. The minimum Gasteiger partial charge on any atom is -0.616 e. The number of nitrogens with one attached hydrogen (secondary N) is 2. The molecule has 0 radical (unpaired) electrons. The summed E-state index contributed by atoms with van der Waals surface area (Å²) in [5, 5.41) is 3.21. The highest BCUT2D eigenvalue weighted by molar-refractivity contribution is 7.93. The van der Waals surface area contributed by atoms with Crippen molar-refractivity contribution in [1.29, 1.82) is 0 Å². The first-order valence-corrected chi connectivity index (χ1v) is 16.0. The number of nitrogens with zero attached hydrogens (tertiary/aromatic N) is 1. The molecule has 1 aliphatic heterocycles. The highest BCUT2D eigenvalue weighted by Gasteiger charge is 2.30. The lowest BCUT2D eigenvalue weighted by Gasteiger charge is -2.27. The van der Waals surface area contributed by atoms with Gasteiger partial charge in [0.05, 0.1) is 34.1 Å². The Morgan fingerprint density at radius 2 is 1.41 bits per heavy atom. The van der Waals surface area contributed by atoms with Crippen LogP contribution >= 0.6 is 23.2 Å². The second kappa shape index (κ2) is 11.2. The number of benzene rings is 3. The Balaban J connectivity index is 1.52.